The van der Waals surface area contributed by atoms with Crippen LogP contribution in [0.3, 0.4) is 0 Å². The molecule has 12 heteroatoms. The Kier molecular flexibility index (Phi) is 7.17. The van der Waals surface area contributed by atoms with E-state index >= 15 is 0 Å². The summed E-state index contributed by atoms with van der Waals surface area (Å²) in [5.41, 5.74) is -0.192. The summed E-state index contributed by atoms with van der Waals surface area (Å²) in [6.45, 7) is 0.589. The van der Waals surface area contributed by atoms with Crippen LogP contribution in [0, 0.1) is 10.1 Å². The van der Waals surface area contributed by atoms with Gasteiger partial charge in [0.1, 0.15) is 5.75 Å². The molecule has 0 aliphatic carbocycles. The number of nitro groups is 1. The molecule has 160 valence electrons. The molecule has 1 unspecified atom stereocenters. The van der Waals surface area contributed by atoms with Gasteiger partial charge in [0.05, 0.1) is 4.92 Å². The van der Waals surface area contributed by atoms with Gasteiger partial charge in [-0.05, 0) is 37.3 Å². The number of nitro benzene ring substituents is 1. The zero-order chi connectivity index (χ0) is 22.3. The number of para-hydroxylation sites is 2. The van der Waals surface area contributed by atoms with Gasteiger partial charge in [0, 0.05) is 11.8 Å². The van der Waals surface area contributed by atoms with Crippen LogP contribution in [0.4, 0.5) is 24.5 Å². The van der Waals surface area contributed by atoms with Gasteiger partial charge in [-0.1, -0.05) is 12.1 Å². The summed E-state index contributed by atoms with van der Waals surface area (Å²) < 4.78 is 50.0. The van der Waals surface area contributed by atoms with Crippen molar-refractivity contribution in [2.24, 2.45) is 0 Å². The Morgan fingerprint density at radius 2 is 1.77 bits per heavy atom. The molecule has 2 aromatic carbocycles. The van der Waals surface area contributed by atoms with Crippen LogP contribution in [0.2, 0.25) is 0 Å². The van der Waals surface area contributed by atoms with E-state index in [1.165, 1.54) is 43.3 Å². The average Bonchev–Trinajstić information content (AvgIpc) is 2.66. The first-order valence-electron chi connectivity index (χ1n) is 8.27. The minimum Gasteiger partial charge on any atom is -0.475 e. The number of ether oxygens (including phenoxy) is 3. The Bertz CT molecular complexity index is 917. The quantitative estimate of drug-likeness (QED) is 0.389. The van der Waals surface area contributed by atoms with Gasteiger partial charge in [-0.25, -0.2) is 4.79 Å². The second-order valence-corrected chi connectivity index (χ2v) is 5.71. The third-order valence-corrected chi connectivity index (χ3v) is 3.44. The maximum absolute atomic E-state index is 12.1. The highest BCUT2D eigenvalue weighted by molar-refractivity contribution is 5.95. The third kappa shape index (κ3) is 6.96. The van der Waals surface area contributed by atoms with Gasteiger partial charge in [0.25, 0.3) is 5.91 Å². The van der Waals surface area contributed by atoms with Crippen LogP contribution in [-0.4, -0.2) is 35.9 Å². The van der Waals surface area contributed by atoms with Gasteiger partial charge in [0.15, 0.2) is 18.5 Å². The molecule has 0 aliphatic heterocycles. The highest BCUT2D eigenvalue weighted by atomic mass is 19.4. The van der Waals surface area contributed by atoms with Gasteiger partial charge in [-0.2, -0.15) is 0 Å². The van der Waals surface area contributed by atoms with E-state index in [0.717, 1.165) is 12.1 Å². The highest BCUT2D eigenvalue weighted by Crippen LogP contribution is 2.26. The Morgan fingerprint density at radius 1 is 1.13 bits per heavy atom. The van der Waals surface area contributed by atoms with Crippen LogP contribution in [0.1, 0.15) is 6.92 Å². The molecule has 1 atom stereocenters. The third-order valence-electron chi connectivity index (χ3n) is 3.44. The van der Waals surface area contributed by atoms with Crippen molar-refractivity contribution in [2.75, 3.05) is 11.9 Å². The summed E-state index contributed by atoms with van der Waals surface area (Å²) in [6.07, 6.45) is -6.10. The first-order valence-corrected chi connectivity index (χ1v) is 8.27. The molecule has 9 nitrogen and oxygen atoms in total. The lowest BCUT2D eigenvalue weighted by atomic mass is 10.3. The number of carbonyl (C=O) groups is 2. The van der Waals surface area contributed by atoms with Crippen LogP contribution in [-0.2, 0) is 14.3 Å². The van der Waals surface area contributed by atoms with E-state index in [1.54, 1.807) is 0 Å². The predicted octanol–water partition coefficient (Wildman–Crippen LogP) is 3.44. The SMILES string of the molecule is CC(OC(=O)COc1ccccc1[N+](=O)[O-])C(=O)Nc1ccc(OC(F)(F)F)cc1. The molecule has 30 heavy (non-hydrogen) atoms. The number of rotatable bonds is 8. The molecule has 0 spiro atoms. The summed E-state index contributed by atoms with van der Waals surface area (Å²) in [7, 11) is 0. The average molecular weight is 428 g/mol. The molecule has 0 aliphatic rings. The lowest BCUT2D eigenvalue weighted by molar-refractivity contribution is -0.385. The number of benzene rings is 2. The van der Waals surface area contributed by atoms with Crippen molar-refractivity contribution in [1.82, 2.24) is 0 Å². The smallest absolute Gasteiger partial charge is 0.475 e. The van der Waals surface area contributed by atoms with E-state index in [0.29, 0.717) is 0 Å². The summed E-state index contributed by atoms with van der Waals surface area (Å²) in [6, 6.07) is 9.75. The highest BCUT2D eigenvalue weighted by Gasteiger charge is 2.31. The fourth-order valence-corrected chi connectivity index (χ4v) is 2.14. The zero-order valence-corrected chi connectivity index (χ0v) is 15.3. The maximum Gasteiger partial charge on any atom is 0.573 e. The molecule has 0 saturated heterocycles. The normalized spacial score (nSPS) is 11.9. The summed E-state index contributed by atoms with van der Waals surface area (Å²) in [5.74, 6) is -2.31. The van der Waals surface area contributed by atoms with Crippen LogP contribution in [0.15, 0.2) is 48.5 Å². The van der Waals surface area contributed by atoms with Gasteiger partial charge >= 0.3 is 18.0 Å². The Balaban J connectivity index is 1.85. The number of halogens is 3. The van der Waals surface area contributed by atoms with Crippen LogP contribution in [0.5, 0.6) is 11.5 Å². The number of amides is 1. The van der Waals surface area contributed by atoms with Crippen molar-refractivity contribution in [2.45, 2.75) is 19.4 Å². The lowest BCUT2D eigenvalue weighted by Crippen LogP contribution is -2.31. The number of hydrogen-bond acceptors (Lipinski definition) is 7. The maximum atomic E-state index is 12.1. The van der Waals surface area contributed by atoms with Crippen molar-refractivity contribution in [1.29, 1.82) is 0 Å². The number of anilines is 1. The van der Waals surface area contributed by atoms with Crippen LogP contribution in [0.25, 0.3) is 0 Å². The van der Waals surface area contributed by atoms with Gasteiger partial charge < -0.3 is 19.5 Å². The summed E-state index contributed by atoms with van der Waals surface area (Å²) in [4.78, 5) is 34.1. The van der Waals surface area contributed by atoms with E-state index in [4.69, 9.17) is 9.47 Å². The zero-order valence-electron chi connectivity index (χ0n) is 15.3. The van der Waals surface area contributed by atoms with Crippen LogP contribution < -0.4 is 14.8 Å². The molecular weight excluding hydrogens is 413 g/mol. The molecule has 0 saturated carbocycles. The van der Waals surface area contributed by atoms with E-state index in [9.17, 15) is 32.9 Å². The molecule has 1 amide bonds. The predicted molar refractivity (Wildman–Crippen MR) is 95.9 cm³/mol. The van der Waals surface area contributed by atoms with E-state index < -0.39 is 41.6 Å². The molecule has 0 bridgehead atoms. The second-order valence-electron chi connectivity index (χ2n) is 5.71. The first kappa shape index (κ1) is 22.5. The Morgan fingerprint density at radius 3 is 2.37 bits per heavy atom. The number of nitrogens with one attached hydrogen (secondary N) is 1. The van der Waals surface area contributed by atoms with Gasteiger partial charge in [-0.15, -0.1) is 13.2 Å². The first-order chi connectivity index (χ1) is 14.0. The second kappa shape index (κ2) is 9.58. The topological polar surface area (TPSA) is 117 Å². The number of alkyl halides is 3. The Hall–Kier alpha value is -3.83. The van der Waals surface area contributed by atoms with E-state index in [2.05, 4.69) is 10.1 Å². The largest absolute Gasteiger partial charge is 0.573 e. The molecule has 0 aromatic heterocycles. The summed E-state index contributed by atoms with van der Waals surface area (Å²) >= 11 is 0. The number of carbonyl (C=O) groups excluding carboxylic acids is 2. The van der Waals surface area contributed by atoms with Crippen LogP contribution >= 0.6 is 0 Å². The fraction of sp³-hybridized carbons (Fsp3) is 0.222. The minimum atomic E-state index is -4.84. The molecular formula is C18H15F3N2O7. The van der Waals surface area contributed by atoms with E-state index in [1.807, 2.05) is 0 Å². The van der Waals surface area contributed by atoms with Crippen molar-refractivity contribution >= 4 is 23.3 Å². The molecule has 0 radical (unpaired) electrons. The van der Waals surface area contributed by atoms with Gasteiger partial charge in [-0.3, -0.25) is 14.9 Å². The molecule has 0 fully saturated rings. The molecule has 2 aromatic rings. The van der Waals surface area contributed by atoms with Crippen molar-refractivity contribution in [3.05, 3.63) is 58.6 Å². The number of hydrogen-bond donors (Lipinski definition) is 1. The fourth-order valence-electron chi connectivity index (χ4n) is 2.14. The van der Waals surface area contributed by atoms with Crippen molar-refractivity contribution in [3.63, 3.8) is 0 Å². The molecule has 0 heterocycles. The van der Waals surface area contributed by atoms with Crippen molar-refractivity contribution < 1.29 is 41.9 Å². The number of nitrogens with zero attached hydrogens (tertiary/aromatic N) is 1. The summed E-state index contributed by atoms with van der Waals surface area (Å²) in [5, 5.41) is 13.2. The molecule has 1 N–H and O–H groups in total. The minimum absolute atomic E-state index is 0.141. The van der Waals surface area contributed by atoms with E-state index in [-0.39, 0.29) is 17.1 Å². The number of esters is 1. The lowest BCUT2D eigenvalue weighted by Gasteiger charge is -2.14. The monoisotopic (exact) mass is 428 g/mol. The van der Waals surface area contributed by atoms with Gasteiger partial charge in [0.2, 0.25) is 0 Å². The molecule has 2 rings (SSSR count). The van der Waals surface area contributed by atoms with Crippen molar-refractivity contribution in [3.8, 4) is 11.5 Å². The standard InChI is InChI=1S/C18H15F3N2O7/c1-11(17(25)22-12-6-8-13(9-7-12)30-18(19,20)21)29-16(24)10-28-15-5-3-2-4-14(15)23(26)27/h2-9,11H,10H2,1H3,(H,22,25). The Labute approximate surface area is 167 Å².